The van der Waals surface area contributed by atoms with E-state index in [4.69, 9.17) is 4.74 Å². The Morgan fingerprint density at radius 3 is 2.32 bits per heavy atom. The second-order valence-electron chi connectivity index (χ2n) is 8.26. The fourth-order valence-electron chi connectivity index (χ4n) is 4.27. The summed E-state index contributed by atoms with van der Waals surface area (Å²) in [5.74, 6) is 0.460. The van der Waals surface area contributed by atoms with Crippen molar-refractivity contribution in [2.24, 2.45) is 0 Å². The van der Waals surface area contributed by atoms with Gasteiger partial charge in [0.2, 0.25) is 0 Å². The first-order valence-electron chi connectivity index (χ1n) is 10.9. The molecule has 5 heteroatoms. The highest BCUT2D eigenvalue weighted by atomic mass is 16.5. The topological polar surface area (TPSA) is 58.6 Å². The van der Waals surface area contributed by atoms with Crippen molar-refractivity contribution in [2.45, 2.75) is 45.2 Å². The van der Waals surface area contributed by atoms with E-state index in [1.165, 1.54) is 6.42 Å². The Labute approximate surface area is 183 Å². The summed E-state index contributed by atoms with van der Waals surface area (Å²) < 4.78 is 5.64. The molecule has 0 radical (unpaired) electrons. The maximum Gasteiger partial charge on any atom is 0.262 e. The minimum atomic E-state index is -0.245. The predicted molar refractivity (Wildman–Crippen MR) is 123 cm³/mol. The molecule has 0 aromatic heterocycles. The lowest BCUT2D eigenvalue weighted by Crippen LogP contribution is -2.47. The quantitative estimate of drug-likeness (QED) is 0.617. The van der Waals surface area contributed by atoms with Crippen molar-refractivity contribution >= 4 is 28.3 Å². The van der Waals surface area contributed by atoms with Gasteiger partial charge in [0.25, 0.3) is 11.8 Å². The number of hydrogen-bond donors (Lipinski definition) is 1. The summed E-state index contributed by atoms with van der Waals surface area (Å²) in [5.41, 5.74) is 1.29. The summed E-state index contributed by atoms with van der Waals surface area (Å²) in [6.07, 6.45) is 3.25. The van der Waals surface area contributed by atoms with E-state index in [1.54, 1.807) is 24.3 Å². The van der Waals surface area contributed by atoms with Crippen molar-refractivity contribution in [3.63, 3.8) is 0 Å². The molecule has 31 heavy (non-hydrogen) atoms. The molecule has 0 unspecified atom stereocenters. The molecule has 0 bridgehead atoms. The molecule has 2 atom stereocenters. The molecule has 1 aliphatic heterocycles. The molecule has 3 aromatic rings. The predicted octanol–water partition coefficient (Wildman–Crippen LogP) is 5.26. The summed E-state index contributed by atoms with van der Waals surface area (Å²) in [6.45, 7) is 4.14. The lowest BCUT2D eigenvalue weighted by Gasteiger charge is -2.39. The summed E-state index contributed by atoms with van der Waals surface area (Å²) in [4.78, 5) is 27.2. The number of benzene rings is 3. The monoisotopic (exact) mass is 416 g/mol. The second-order valence-corrected chi connectivity index (χ2v) is 8.26. The number of nitrogens with zero attached hydrogens (tertiary/aromatic N) is 1. The van der Waals surface area contributed by atoms with Crippen LogP contribution in [-0.4, -0.2) is 35.4 Å². The maximum absolute atomic E-state index is 12.9. The molecule has 1 heterocycles. The molecule has 3 aromatic carbocycles. The van der Waals surface area contributed by atoms with E-state index in [0.717, 1.165) is 23.6 Å². The maximum atomic E-state index is 12.9. The Morgan fingerprint density at radius 2 is 1.61 bits per heavy atom. The molecule has 0 saturated carbocycles. The number of ether oxygens (including phenoxy) is 1. The third kappa shape index (κ3) is 4.88. The van der Waals surface area contributed by atoms with Gasteiger partial charge in [-0.1, -0.05) is 30.3 Å². The van der Waals surface area contributed by atoms with E-state index in [2.05, 4.69) is 19.2 Å². The number of hydrogen-bond acceptors (Lipinski definition) is 3. The lowest BCUT2D eigenvalue weighted by molar-refractivity contribution is -0.118. The van der Waals surface area contributed by atoms with Crippen LogP contribution in [0.2, 0.25) is 0 Å². The van der Waals surface area contributed by atoms with Crippen LogP contribution in [0.4, 0.5) is 5.69 Å². The first-order valence-corrected chi connectivity index (χ1v) is 10.9. The van der Waals surface area contributed by atoms with Crippen LogP contribution in [-0.2, 0) is 4.79 Å². The van der Waals surface area contributed by atoms with Crippen LogP contribution in [0.15, 0.2) is 66.7 Å². The van der Waals surface area contributed by atoms with Crippen molar-refractivity contribution in [2.75, 3.05) is 11.9 Å². The van der Waals surface area contributed by atoms with E-state index in [-0.39, 0.29) is 30.5 Å². The van der Waals surface area contributed by atoms with E-state index in [0.29, 0.717) is 17.0 Å². The fraction of sp³-hybridized carbons (Fsp3) is 0.308. The number of nitrogens with one attached hydrogen (secondary N) is 1. The highest BCUT2D eigenvalue weighted by Gasteiger charge is 2.29. The van der Waals surface area contributed by atoms with E-state index < -0.39 is 0 Å². The SMILES string of the molecule is C[C@H]1CCC[C@H](C)N1C(=O)c1ccc(NC(=O)COc2ccc3ccccc3c2)cc1. The van der Waals surface area contributed by atoms with Gasteiger partial charge < -0.3 is 15.0 Å². The van der Waals surface area contributed by atoms with Gasteiger partial charge in [0.15, 0.2) is 6.61 Å². The van der Waals surface area contributed by atoms with Gasteiger partial charge in [0, 0.05) is 23.3 Å². The van der Waals surface area contributed by atoms with Crippen LogP contribution in [0.3, 0.4) is 0 Å². The zero-order valence-electron chi connectivity index (χ0n) is 18.0. The van der Waals surface area contributed by atoms with E-state index >= 15 is 0 Å². The zero-order valence-corrected chi connectivity index (χ0v) is 18.0. The molecule has 1 aliphatic rings. The first-order chi connectivity index (χ1) is 15.0. The average molecular weight is 417 g/mol. The Morgan fingerprint density at radius 1 is 0.935 bits per heavy atom. The largest absolute Gasteiger partial charge is 0.484 e. The molecule has 1 N–H and O–H groups in total. The Hall–Kier alpha value is -3.34. The standard InChI is InChI=1S/C26H28N2O3/c1-18-6-5-7-19(2)28(18)26(30)21-10-13-23(14-11-21)27-25(29)17-31-24-15-12-20-8-3-4-9-22(20)16-24/h3-4,8-16,18-19H,5-7,17H2,1-2H3,(H,27,29)/t18-,19-/m0/s1. The van der Waals surface area contributed by atoms with E-state index in [9.17, 15) is 9.59 Å². The Balaban J connectivity index is 1.33. The number of piperidine rings is 1. The van der Waals surface area contributed by atoms with Crippen LogP contribution in [0.5, 0.6) is 5.75 Å². The molecule has 1 saturated heterocycles. The lowest BCUT2D eigenvalue weighted by atomic mass is 9.96. The molecule has 2 amide bonds. The first kappa shape index (κ1) is 20.9. The minimum absolute atomic E-state index is 0.0530. The summed E-state index contributed by atoms with van der Waals surface area (Å²) >= 11 is 0. The van der Waals surface area contributed by atoms with Gasteiger partial charge in [-0.05, 0) is 80.3 Å². The normalized spacial score (nSPS) is 18.6. The molecule has 160 valence electrons. The van der Waals surface area contributed by atoms with Crippen molar-refractivity contribution in [3.8, 4) is 5.75 Å². The van der Waals surface area contributed by atoms with Crippen LogP contribution >= 0.6 is 0 Å². The number of carbonyl (C=O) groups excluding carboxylic acids is 2. The van der Waals surface area contributed by atoms with Crippen molar-refractivity contribution < 1.29 is 14.3 Å². The van der Waals surface area contributed by atoms with Crippen molar-refractivity contribution in [1.82, 2.24) is 4.90 Å². The molecule has 1 fully saturated rings. The number of rotatable bonds is 5. The van der Waals surface area contributed by atoms with Crippen molar-refractivity contribution in [1.29, 1.82) is 0 Å². The van der Waals surface area contributed by atoms with Crippen LogP contribution < -0.4 is 10.1 Å². The molecular formula is C26H28N2O3. The Kier molecular flexibility index (Phi) is 6.21. The van der Waals surface area contributed by atoms with Gasteiger partial charge in [-0.3, -0.25) is 9.59 Å². The van der Waals surface area contributed by atoms with Gasteiger partial charge >= 0.3 is 0 Å². The summed E-state index contributed by atoms with van der Waals surface area (Å²) in [5, 5.41) is 5.02. The van der Waals surface area contributed by atoms with Gasteiger partial charge in [0.1, 0.15) is 5.75 Å². The smallest absolute Gasteiger partial charge is 0.262 e. The van der Waals surface area contributed by atoms with Crippen LogP contribution in [0.1, 0.15) is 43.5 Å². The van der Waals surface area contributed by atoms with E-state index in [1.807, 2.05) is 47.4 Å². The fourth-order valence-corrected chi connectivity index (χ4v) is 4.27. The zero-order chi connectivity index (χ0) is 21.8. The average Bonchev–Trinajstić information content (AvgIpc) is 2.78. The molecule has 4 rings (SSSR count). The minimum Gasteiger partial charge on any atom is -0.484 e. The molecule has 0 spiro atoms. The number of anilines is 1. The van der Waals surface area contributed by atoms with Crippen molar-refractivity contribution in [3.05, 3.63) is 72.3 Å². The van der Waals surface area contributed by atoms with Gasteiger partial charge in [-0.2, -0.15) is 0 Å². The number of amides is 2. The Bertz CT molecular complexity index is 1070. The highest BCUT2D eigenvalue weighted by Crippen LogP contribution is 2.25. The number of fused-ring (bicyclic) bond motifs is 1. The van der Waals surface area contributed by atoms with Crippen LogP contribution in [0.25, 0.3) is 10.8 Å². The summed E-state index contributed by atoms with van der Waals surface area (Å²) in [7, 11) is 0. The van der Waals surface area contributed by atoms with Gasteiger partial charge in [-0.15, -0.1) is 0 Å². The third-order valence-corrected chi connectivity index (χ3v) is 5.93. The number of likely N-dealkylation sites (tertiary alicyclic amines) is 1. The third-order valence-electron chi connectivity index (χ3n) is 5.93. The molecular weight excluding hydrogens is 388 g/mol. The molecule has 0 aliphatic carbocycles. The molecule has 5 nitrogen and oxygen atoms in total. The van der Waals surface area contributed by atoms with Gasteiger partial charge in [-0.25, -0.2) is 0 Å². The summed E-state index contributed by atoms with van der Waals surface area (Å²) in [6, 6.07) is 21.3. The van der Waals surface area contributed by atoms with Gasteiger partial charge in [0.05, 0.1) is 0 Å². The second kappa shape index (κ2) is 9.21. The van der Waals surface area contributed by atoms with Crippen LogP contribution in [0, 0.1) is 0 Å². The number of carbonyl (C=O) groups is 2. The highest BCUT2D eigenvalue weighted by molar-refractivity contribution is 5.96.